The van der Waals surface area contributed by atoms with E-state index in [2.05, 4.69) is 11.4 Å². The number of benzene rings is 1. The summed E-state index contributed by atoms with van der Waals surface area (Å²) in [6.45, 7) is 2.40. The number of phenolic OH excluding ortho intramolecular Hbond substituents is 1. The first-order chi connectivity index (χ1) is 6.82. The third-order valence-electron chi connectivity index (χ3n) is 3.25. The van der Waals surface area contributed by atoms with Gasteiger partial charge in [-0.1, -0.05) is 12.1 Å². The lowest BCUT2D eigenvalue weighted by Crippen LogP contribution is -2.27. The van der Waals surface area contributed by atoms with Crippen molar-refractivity contribution in [2.45, 2.75) is 18.6 Å². The lowest BCUT2D eigenvalue weighted by Gasteiger charge is -2.22. The minimum absolute atomic E-state index is 0.159. The van der Waals surface area contributed by atoms with Gasteiger partial charge in [-0.05, 0) is 24.6 Å². The molecule has 3 nitrogen and oxygen atoms in total. The second kappa shape index (κ2) is 2.72. The van der Waals surface area contributed by atoms with Gasteiger partial charge in [0, 0.05) is 12.1 Å². The van der Waals surface area contributed by atoms with Crippen molar-refractivity contribution in [1.29, 1.82) is 0 Å². The Kier molecular flexibility index (Phi) is 1.60. The van der Waals surface area contributed by atoms with Crippen LogP contribution in [-0.2, 0) is 16.9 Å². The van der Waals surface area contributed by atoms with Gasteiger partial charge in [0.05, 0.1) is 6.61 Å². The zero-order valence-corrected chi connectivity index (χ0v) is 7.92. The Labute approximate surface area is 82.7 Å². The Morgan fingerprint density at radius 2 is 2.36 bits per heavy atom. The fraction of sp³-hybridized carbons (Fsp3) is 0.455. The van der Waals surface area contributed by atoms with E-state index >= 15 is 0 Å². The molecule has 3 rings (SSSR count). The molecule has 1 unspecified atom stereocenters. The van der Waals surface area contributed by atoms with E-state index in [9.17, 15) is 5.11 Å². The minimum Gasteiger partial charge on any atom is -0.508 e. The van der Waals surface area contributed by atoms with Crippen LogP contribution in [0.25, 0.3) is 0 Å². The quantitative estimate of drug-likeness (QED) is 0.645. The molecule has 0 bridgehead atoms. The van der Waals surface area contributed by atoms with Crippen LogP contribution >= 0.6 is 0 Å². The molecule has 1 fully saturated rings. The Balaban J connectivity index is 2.14. The van der Waals surface area contributed by atoms with Gasteiger partial charge in [0.25, 0.3) is 0 Å². The molecule has 1 spiro atoms. The van der Waals surface area contributed by atoms with Gasteiger partial charge >= 0.3 is 0 Å². The normalized spacial score (nSPS) is 29.7. The first-order valence-corrected chi connectivity index (χ1v) is 4.98. The number of phenols is 1. The van der Waals surface area contributed by atoms with E-state index in [1.165, 1.54) is 5.56 Å². The second-order valence-corrected chi connectivity index (χ2v) is 4.01. The van der Waals surface area contributed by atoms with Gasteiger partial charge in [0.1, 0.15) is 11.4 Å². The van der Waals surface area contributed by atoms with E-state index in [-0.39, 0.29) is 5.60 Å². The van der Waals surface area contributed by atoms with Crippen LogP contribution in [0.15, 0.2) is 18.2 Å². The summed E-state index contributed by atoms with van der Waals surface area (Å²) in [6.07, 6.45) is 1.00. The zero-order valence-electron chi connectivity index (χ0n) is 7.92. The van der Waals surface area contributed by atoms with Crippen molar-refractivity contribution >= 4 is 0 Å². The van der Waals surface area contributed by atoms with E-state index in [0.717, 1.165) is 25.1 Å². The van der Waals surface area contributed by atoms with Crippen LogP contribution in [0.5, 0.6) is 5.75 Å². The molecule has 2 aliphatic heterocycles. The van der Waals surface area contributed by atoms with Crippen molar-refractivity contribution < 1.29 is 9.84 Å². The predicted molar refractivity (Wildman–Crippen MR) is 52.1 cm³/mol. The number of nitrogens with one attached hydrogen (secondary N) is 1. The van der Waals surface area contributed by atoms with Gasteiger partial charge in [-0.3, -0.25) is 0 Å². The van der Waals surface area contributed by atoms with E-state index in [1.807, 2.05) is 6.07 Å². The second-order valence-electron chi connectivity index (χ2n) is 4.01. The smallest absolute Gasteiger partial charge is 0.121 e. The summed E-state index contributed by atoms with van der Waals surface area (Å²) in [5.41, 5.74) is 1.98. The Hall–Kier alpha value is -1.06. The van der Waals surface area contributed by atoms with Crippen molar-refractivity contribution in [2.75, 3.05) is 13.1 Å². The third-order valence-corrected chi connectivity index (χ3v) is 3.25. The highest BCUT2D eigenvalue weighted by atomic mass is 16.5. The number of hydrogen-bond donors (Lipinski definition) is 2. The summed E-state index contributed by atoms with van der Waals surface area (Å²) in [4.78, 5) is 0. The van der Waals surface area contributed by atoms with Gasteiger partial charge in [-0.15, -0.1) is 0 Å². The van der Waals surface area contributed by atoms with Crippen LogP contribution in [-0.4, -0.2) is 18.2 Å². The molecule has 1 atom stereocenters. The summed E-state index contributed by atoms with van der Waals surface area (Å²) in [5, 5.41) is 13.0. The van der Waals surface area contributed by atoms with Crippen molar-refractivity contribution in [1.82, 2.24) is 5.32 Å². The third kappa shape index (κ3) is 0.938. The molecular weight excluding hydrogens is 178 g/mol. The van der Waals surface area contributed by atoms with Crippen molar-refractivity contribution in [2.24, 2.45) is 0 Å². The fourth-order valence-corrected chi connectivity index (χ4v) is 2.46. The number of ether oxygens (including phenoxy) is 1. The SMILES string of the molecule is Oc1cccc2c1COC21CCNC1. The van der Waals surface area contributed by atoms with E-state index < -0.39 is 0 Å². The highest BCUT2D eigenvalue weighted by molar-refractivity contribution is 5.45. The molecule has 2 heterocycles. The Morgan fingerprint density at radius 1 is 1.43 bits per heavy atom. The van der Waals surface area contributed by atoms with E-state index in [1.54, 1.807) is 6.07 Å². The van der Waals surface area contributed by atoms with E-state index in [4.69, 9.17) is 4.74 Å². The monoisotopic (exact) mass is 191 g/mol. The average Bonchev–Trinajstić information content (AvgIpc) is 2.78. The topological polar surface area (TPSA) is 41.5 Å². The maximum atomic E-state index is 9.67. The number of aromatic hydroxyl groups is 1. The maximum absolute atomic E-state index is 9.67. The summed E-state index contributed by atoms with van der Waals surface area (Å²) in [7, 11) is 0. The molecule has 2 N–H and O–H groups in total. The Bertz CT molecular complexity index is 370. The molecule has 0 saturated carbocycles. The summed E-state index contributed by atoms with van der Waals surface area (Å²) in [5.74, 6) is 0.367. The van der Waals surface area contributed by atoms with Crippen LogP contribution in [0.3, 0.4) is 0 Å². The molecule has 1 aromatic rings. The Morgan fingerprint density at radius 3 is 3.14 bits per heavy atom. The van der Waals surface area contributed by atoms with Gasteiger partial charge < -0.3 is 15.2 Å². The first-order valence-electron chi connectivity index (χ1n) is 4.98. The molecular formula is C11H13NO2. The van der Waals surface area contributed by atoms with Crippen molar-refractivity contribution in [3.63, 3.8) is 0 Å². The molecule has 2 aliphatic rings. The summed E-state index contributed by atoms with van der Waals surface area (Å²) >= 11 is 0. The van der Waals surface area contributed by atoms with Crippen molar-refractivity contribution in [3.05, 3.63) is 29.3 Å². The molecule has 0 radical (unpaired) electrons. The maximum Gasteiger partial charge on any atom is 0.121 e. The summed E-state index contributed by atoms with van der Waals surface area (Å²) in [6, 6.07) is 5.68. The predicted octanol–water partition coefficient (Wildman–Crippen LogP) is 1.11. The van der Waals surface area contributed by atoms with Crippen LogP contribution in [0.4, 0.5) is 0 Å². The molecule has 1 aromatic carbocycles. The van der Waals surface area contributed by atoms with E-state index in [0.29, 0.717) is 12.4 Å². The average molecular weight is 191 g/mol. The molecule has 0 amide bonds. The summed E-state index contributed by atoms with van der Waals surface area (Å²) < 4.78 is 5.83. The lowest BCUT2D eigenvalue weighted by atomic mass is 9.91. The zero-order chi connectivity index (χ0) is 9.60. The molecule has 3 heteroatoms. The molecule has 0 aromatic heterocycles. The van der Waals surface area contributed by atoms with Gasteiger partial charge in [0.2, 0.25) is 0 Å². The first kappa shape index (κ1) is 8.26. The molecule has 14 heavy (non-hydrogen) atoms. The number of hydrogen-bond acceptors (Lipinski definition) is 3. The number of rotatable bonds is 0. The molecule has 74 valence electrons. The van der Waals surface area contributed by atoms with Crippen LogP contribution in [0, 0.1) is 0 Å². The van der Waals surface area contributed by atoms with Gasteiger partial charge in [-0.25, -0.2) is 0 Å². The molecule has 1 saturated heterocycles. The standard InChI is InChI=1S/C11H13NO2/c13-10-3-1-2-9-8(10)6-14-11(9)4-5-12-7-11/h1-3,12-13H,4-7H2. The van der Waals surface area contributed by atoms with Crippen LogP contribution in [0.1, 0.15) is 17.5 Å². The minimum atomic E-state index is -0.159. The van der Waals surface area contributed by atoms with Gasteiger partial charge in [0.15, 0.2) is 0 Å². The van der Waals surface area contributed by atoms with Gasteiger partial charge in [-0.2, -0.15) is 0 Å². The fourth-order valence-electron chi connectivity index (χ4n) is 2.46. The largest absolute Gasteiger partial charge is 0.508 e. The highest BCUT2D eigenvalue weighted by Gasteiger charge is 2.43. The number of fused-ring (bicyclic) bond motifs is 2. The lowest BCUT2D eigenvalue weighted by molar-refractivity contribution is -0.0220. The van der Waals surface area contributed by atoms with Crippen LogP contribution in [0.2, 0.25) is 0 Å². The van der Waals surface area contributed by atoms with Crippen LogP contribution < -0.4 is 5.32 Å². The molecule has 0 aliphatic carbocycles. The highest BCUT2D eigenvalue weighted by Crippen LogP contribution is 2.43. The van der Waals surface area contributed by atoms with Crippen molar-refractivity contribution in [3.8, 4) is 5.75 Å².